The molecule has 1 aromatic heterocycles. The molecule has 1 unspecified atom stereocenters. The molecule has 10 heteroatoms. The number of benzene rings is 3. The maximum atomic E-state index is 12.9. The summed E-state index contributed by atoms with van der Waals surface area (Å²) in [6.45, 7) is 1.50. The number of carbonyl (C=O) groups is 1. The van der Waals surface area contributed by atoms with Crippen molar-refractivity contribution in [2.75, 3.05) is 20.2 Å². The van der Waals surface area contributed by atoms with Crippen LogP contribution in [-0.4, -0.2) is 42.2 Å². The zero-order valence-electron chi connectivity index (χ0n) is 19.8. The van der Waals surface area contributed by atoms with Gasteiger partial charge in [0.25, 0.3) is 0 Å². The van der Waals surface area contributed by atoms with Crippen molar-refractivity contribution in [2.45, 2.75) is 18.2 Å². The fourth-order valence-electron chi connectivity index (χ4n) is 4.29. The van der Waals surface area contributed by atoms with E-state index in [0.29, 0.717) is 33.8 Å². The molecule has 5 rings (SSSR count). The molecule has 0 saturated carbocycles. The Morgan fingerprint density at radius 2 is 1.65 bits per heavy atom. The first-order valence-electron chi connectivity index (χ1n) is 11.5. The summed E-state index contributed by atoms with van der Waals surface area (Å²) in [5.74, 6) is -0.413. The zero-order chi connectivity index (χ0) is 26.2. The standard InChI is InChI=1S/C27H23F3N4O3/c1-36-22-11-21-20(10-23(22)37-19-12-32-13-19)25(34-14-33-21)17-4-2-15(3-5-17)24(26(31)35)16-6-8-18(9-7-16)27(28,29)30/h2-11,14,19,24,32H,12-13H2,1H3,(H2,31,35). The van der Waals surface area contributed by atoms with Crippen LogP contribution < -0.4 is 20.5 Å². The topological polar surface area (TPSA) is 99.4 Å². The lowest BCUT2D eigenvalue weighted by Crippen LogP contribution is -2.50. The second-order valence-electron chi connectivity index (χ2n) is 8.72. The minimum absolute atomic E-state index is 0.0506. The smallest absolute Gasteiger partial charge is 0.416 e. The highest BCUT2D eigenvalue weighted by Gasteiger charge is 2.31. The van der Waals surface area contributed by atoms with Crippen LogP contribution in [-0.2, 0) is 11.0 Å². The minimum atomic E-state index is -4.47. The largest absolute Gasteiger partial charge is 0.493 e. The van der Waals surface area contributed by atoms with Crippen LogP contribution in [0.25, 0.3) is 22.2 Å². The number of aromatic nitrogens is 2. The molecule has 37 heavy (non-hydrogen) atoms. The molecule has 190 valence electrons. The van der Waals surface area contributed by atoms with E-state index in [1.807, 2.05) is 6.07 Å². The SMILES string of the molecule is COc1cc2ncnc(-c3ccc(C(C(N)=O)c4ccc(C(F)(F)F)cc4)cc3)c2cc1OC1CNC1. The molecule has 4 aromatic rings. The molecule has 1 aliphatic heterocycles. The van der Waals surface area contributed by atoms with Crippen LogP contribution in [0.4, 0.5) is 13.2 Å². The van der Waals surface area contributed by atoms with Gasteiger partial charge in [0.1, 0.15) is 12.4 Å². The highest BCUT2D eigenvalue weighted by atomic mass is 19.4. The van der Waals surface area contributed by atoms with Crippen molar-refractivity contribution < 1.29 is 27.4 Å². The Morgan fingerprint density at radius 3 is 2.19 bits per heavy atom. The van der Waals surface area contributed by atoms with Gasteiger partial charge in [0.05, 0.1) is 29.8 Å². The van der Waals surface area contributed by atoms with Crippen LogP contribution in [0.2, 0.25) is 0 Å². The third-order valence-electron chi connectivity index (χ3n) is 6.33. The normalized spacial score (nSPS) is 14.7. The van der Waals surface area contributed by atoms with Crippen molar-refractivity contribution in [3.8, 4) is 22.8 Å². The Bertz CT molecular complexity index is 1440. The Kier molecular flexibility index (Phi) is 6.43. The number of carbonyl (C=O) groups excluding carboxylic acids is 1. The van der Waals surface area contributed by atoms with Gasteiger partial charge < -0.3 is 20.5 Å². The third-order valence-corrected chi connectivity index (χ3v) is 6.33. The third kappa shape index (κ3) is 4.92. The first-order valence-corrected chi connectivity index (χ1v) is 11.5. The van der Waals surface area contributed by atoms with Gasteiger partial charge in [0.15, 0.2) is 11.5 Å². The molecular weight excluding hydrogens is 485 g/mol. The zero-order valence-corrected chi connectivity index (χ0v) is 19.8. The molecular formula is C27H23F3N4O3. The van der Waals surface area contributed by atoms with Crippen molar-refractivity contribution in [1.82, 2.24) is 15.3 Å². The Morgan fingerprint density at radius 1 is 1.00 bits per heavy atom. The second-order valence-corrected chi connectivity index (χ2v) is 8.72. The van der Waals surface area contributed by atoms with E-state index in [2.05, 4.69) is 15.3 Å². The van der Waals surface area contributed by atoms with E-state index in [-0.39, 0.29) is 6.10 Å². The summed E-state index contributed by atoms with van der Waals surface area (Å²) in [5, 5.41) is 3.92. The maximum absolute atomic E-state index is 12.9. The molecule has 0 radical (unpaired) electrons. The van der Waals surface area contributed by atoms with Gasteiger partial charge in [-0.2, -0.15) is 13.2 Å². The number of halogens is 3. The number of primary amides is 1. The number of hydrogen-bond acceptors (Lipinski definition) is 6. The van der Waals surface area contributed by atoms with E-state index in [4.69, 9.17) is 15.2 Å². The number of ether oxygens (including phenoxy) is 2. The summed E-state index contributed by atoms with van der Waals surface area (Å²) in [6.07, 6.45) is -2.96. The molecule has 2 heterocycles. The number of nitrogens with two attached hydrogens (primary N) is 1. The first kappa shape index (κ1) is 24.5. The van der Waals surface area contributed by atoms with Crippen LogP contribution in [0, 0.1) is 0 Å². The lowest BCUT2D eigenvalue weighted by Gasteiger charge is -2.28. The Hall–Kier alpha value is -4.18. The van der Waals surface area contributed by atoms with Crippen LogP contribution >= 0.6 is 0 Å². The Balaban J connectivity index is 1.49. The number of methoxy groups -OCH3 is 1. The molecule has 1 aliphatic rings. The van der Waals surface area contributed by atoms with Crippen molar-refractivity contribution in [3.05, 3.63) is 83.7 Å². The van der Waals surface area contributed by atoms with Gasteiger partial charge in [-0.25, -0.2) is 9.97 Å². The van der Waals surface area contributed by atoms with E-state index in [1.54, 1.807) is 37.4 Å². The highest BCUT2D eigenvalue weighted by Crippen LogP contribution is 2.37. The molecule has 0 bridgehead atoms. The van der Waals surface area contributed by atoms with Gasteiger partial charge in [0, 0.05) is 30.1 Å². The number of nitrogens with one attached hydrogen (secondary N) is 1. The summed E-state index contributed by atoms with van der Waals surface area (Å²) >= 11 is 0. The van der Waals surface area contributed by atoms with Crippen LogP contribution in [0.5, 0.6) is 11.5 Å². The monoisotopic (exact) mass is 508 g/mol. The van der Waals surface area contributed by atoms with Crippen molar-refractivity contribution >= 4 is 16.8 Å². The van der Waals surface area contributed by atoms with E-state index in [1.165, 1.54) is 18.5 Å². The lowest BCUT2D eigenvalue weighted by atomic mass is 9.89. The molecule has 3 N–H and O–H groups in total. The van der Waals surface area contributed by atoms with E-state index in [9.17, 15) is 18.0 Å². The van der Waals surface area contributed by atoms with Gasteiger partial charge in [0.2, 0.25) is 5.91 Å². The number of amides is 1. The average Bonchev–Trinajstić information content (AvgIpc) is 2.85. The highest BCUT2D eigenvalue weighted by molar-refractivity contribution is 5.94. The fourth-order valence-corrected chi connectivity index (χ4v) is 4.29. The summed E-state index contributed by atoms with van der Waals surface area (Å²) in [4.78, 5) is 21.1. The summed E-state index contributed by atoms with van der Waals surface area (Å²) in [6, 6.07) is 15.1. The number of nitrogens with zero attached hydrogens (tertiary/aromatic N) is 2. The number of rotatable bonds is 7. The van der Waals surface area contributed by atoms with Gasteiger partial charge in [-0.1, -0.05) is 36.4 Å². The van der Waals surface area contributed by atoms with E-state index in [0.717, 1.165) is 36.2 Å². The molecule has 1 fully saturated rings. The maximum Gasteiger partial charge on any atom is 0.416 e. The minimum Gasteiger partial charge on any atom is -0.493 e. The molecule has 0 aliphatic carbocycles. The molecule has 1 amide bonds. The van der Waals surface area contributed by atoms with Gasteiger partial charge in [-0.05, 0) is 29.3 Å². The molecule has 1 saturated heterocycles. The van der Waals surface area contributed by atoms with Crippen LogP contribution in [0.15, 0.2) is 67.0 Å². The van der Waals surface area contributed by atoms with Gasteiger partial charge in [-0.3, -0.25) is 4.79 Å². The van der Waals surface area contributed by atoms with Crippen molar-refractivity contribution in [1.29, 1.82) is 0 Å². The number of hydrogen-bond donors (Lipinski definition) is 2. The second kappa shape index (κ2) is 9.70. The quantitative estimate of drug-likeness (QED) is 0.386. The summed E-state index contributed by atoms with van der Waals surface area (Å²) in [5.41, 5.74) is 7.85. The first-order chi connectivity index (χ1) is 17.7. The summed E-state index contributed by atoms with van der Waals surface area (Å²) < 4.78 is 50.4. The van der Waals surface area contributed by atoms with Crippen LogP contribution in [0.3, 0.4) is 0 Å². The predicted octanol–water partition coefficient (Wildman–Crippen LogP) is 4.29. The van der Waals surface area contributed by atoms with Crippen LogP contribution in [0.1, 0.15) is 22.6 Å². The number of fused-ring (bicyclic) bond motifs is 1. The summed E-state index contributed by atoms with van der Waals surface area (Å²) in [7, 11) is 1.57. The molecule has 7 nitrogen and oxygen atoms in total. The lowest BCUT2D eigenvalue weighted by molar-refractivity contribution is -0.137. The van der Waals surface area contributed by atoms with E-state index >= 15 is 0 Å². The predicted molar refractivity (Wildman–Crippen MR) is 131 cm³/mol. The van der Waals surface area contributed by atoms with Gasteiger partial charge >= 0.3 is 6.18 Å². The van der Waals surface area contributed by atoms with Crippen molar-refractivity contribution in [2.24, 2.45) is 5.73 Å². The van der Waals surface area contributed by atoms with Gasteiger partial charge in [-0.15, -0.1) is 0 Å². The van der Waals surface area contributed by atoms with E-state index < -0.39 is 23.6 Å². The molecule has 0 spiro atoms. The Labute approximate surface area is 210 Å². The fraction of sp³-hybridized carbons (Fsp3) is 0.222. The van der Waals surface area contributed by atoms with Crippen molar-refractivity contribution in [3.63, 3.8) is 0 Å². The number of alkyl halides is 3. The molecule has 3 aromatic carbocycles. The molecule has 1 atom stereocenters. The average molecular weight is 509 g/mol.